The zero-order chi connectivity index (χ0) is 14.8. The van der Waals surface area contributed by atoms with Crippen molar-refractivity contribution in [3.63, 3.8) is 0 Å². The standard InChI is InChI=1S/C18H25N3/c1-13(2)11-19-18-20-14(3)12-21(18)17-9-8-15-6-4-5-7-16(15)10-17/h4-7,12-13,17H,8-11H2,1-3H3,(H,19,20). The van der Waals surface area contributed by atoms with E-state index in [1.165, 1.54) is 24.0 Å². The Hall–Kier alpha value is -1.77. The molecule has 0 bridgehead atoms. The fourth-order valence-corrected chi connectivity index (χ4v) is 3.14. The van der Waals surface area contributed by atoms with Crippen molar-refractivity contribution >= 4 is 5.95 Å². The van der Waals surface area contributed by atoms with Crippen molar-refractivity contribution in [1.82, 2.24) is 9.55 Å². The number of imidazole rings is 1. The summed E-state index contributed by atoms with van der Waals surface area (Å²) in [5.41, 5.74) is 4.11. The van der Waals surface area contributed by atoms with Crippen molar-refractivity contribution in [2.45, 2.75) is 46.1 Å². The van der Waals surface area contributed by atoms with E-state index in [1.807, 2.05) is 0 Å². The first-order valence-corrected chi connectivity index (χ1v) is 7.99. The molecule has 1 aromatic carbocycles. The monoisotopic (exact) mass is 283 g/mol. The molecule has 112 valence electrons. The summed E-state index contributed by atoms with van der Waals surface area (Å²) < 4.78 is 2.35. The third-order valence-electron chi connectivity index (χ3n) is 4.24. The average molecular weight is 283 g/mol. The van der Waals surface area contributed by atoms with Crippen LogP contribution in [0.5, 0.6) is 0 Å². The molecule has 1 aromatic heterocycles. The molecule has 1 atom stereocenters. The van der Waals surface area contributed by atoms with Crippen LogP contribution in [0.4, 0.5) is 5.95 Å². The molecule has 1 aliphatic rings. The molecule has 3 heteroatoms. The molecule has 1 heterocycles. The summed E-state index contributed by atoms with van der Waals surface area (Å²) in [6, 6.07) is 9.36. The Kier molecular flexibility index (Phi) is 4.00. The van der Waals surface area contributed by atoms with Crippen molar-refractivity contribution in [2.75, 3.05) is 11.9 Å². The third kappa shape index (κ3) is 3.12. The molecule has 1 unspecified atom stereocenters. The quantitative estimate of drug-likeness (QED) is 0.919. The van der Waals surface area contributed by atoms with Gasteiger partial charge in [-0.05, 0) is 43.2 Å². The number of nitrogens with zero attached hydrogens (tertiary/aromatic N) is 2. The normalized spacial score (nSPS) is 17.8. The third-order valence-corrected chi connectivity index (χ3v) is 4.24. The SMILES string of the molecule is Cc1cn(C2CCc3ccccc3C2)c(NCC(C)C)n1. The predicted octanol–water partition coefficient (Wildman–Crippen LogP) is 3.99. The molecular formula is C18H25N3. The van der Waals surface area contributed by atoms with E-state index in [-0.39, 0.29) is 0 Å². The van der Waals surface area contributed by atoms with Gasteiger partial charge in [-0.2, -0.15) is 0 Å². The van der Waals surface area contributed by atoms with E-state index in [2.05, 4.69) is 66.1 Å². The van der Waals surface area contributed by atoms with E-state index >= 15 is 0 Å². The molecule has 0 fully saturated rings. The van der Waals surface area contributed by atoms with Gasteiger partial charge >= 0.3 is 0 Å². The van der Waals surface area contributed by atoms with Crippen LogP contribution in [-0.4, -0.2) is 16.1 Å². The van der Waals surface area contributed by atoms with Gasteiger partial charge in [-0.25, -0.2) is 4.98 Å². The lowest BCUT2D eigenvalue weighted by Gasteiger charge is -2.27. The summed E-state index contributed by atoms with van der Waals surface area (Å²) >= 11 is 0. The highest BCUT2D eigenvalue weighted by molar-refractivity contribution is 5.34. The zero-order valence-corrected chi connectivity index (χ0v) is 13.3. The first kappa shape index (κ1) is 14.2. The van der Waals surface area contributed by atoms with Crippen LogP contribution in [0.1, 0.15) is 43.1 Å². The number of benzene rings is 1. The minimum absolute atomic E-state index is 0.524. The van der Waals surface area contributed by atoms with E-state index < -0.39 is 0 Å². The highest BCUT2D eigenvalue weighted by atomic mass is 15.2. The molecule has 2 aromatic rings. The van der Waals surface area contributed by atoms with Gasteiger partial charge in [0.25, 0.3) is 0 Å². The number of hydrogen-bond acceptors (Lipinski definition) is 2. The van der Waals surface area contributed by atoms with E-state index in [0.29, 0.717) is 12.0 Å². The second kappa shape index (κ2) is 5.92. The Bertz CT molecular complexity index is 613. The maximum Gasteiger partial charge on any atom is 0.203 e. The van der Waals surface area contributed by atoms with Gasteiger partial charge in [0, 0.05) is 18.8 Å². The number of nitrogens with one attached hydrogen (secondary N) is 1. The van der Waals surface area contributed by atoms with Crippen LogP contribution in [0.3, 0.4) is 0 Å². The smallest absolute Gasteiger partial charge is 0.203 e. The van der Waals surface area contributed by atoms with Gasteiger partial charge in [-0.3, -0.25) is 0 Å². The van der Waals surface area contributed by atoms with Gasteiger partial charge in [0.05, 0.1) is 5.69 Å². The molecule has 0 radical (unpaired) electrons. The van der Waals surface area contributed by atoms with Crippen molar-refractivity contribution in [3.05, 3.63) is 47.3 Å². The highest BCUT2D eigenvalue weighted by Crippen LogP contribution is 2.31. The summed E-state index contributed by atoms with van der Waals surface area (Å²) in [5, 5.41) is 3.51. The van der Waals surface area contributed by atoms with E-state index in [1.54, 1.807) is 0 Å². The van der Waals surface area contributed by atoms with Gasteiger partial charge in [0.15, 0.2) is 0 Å². The summed E-state index contributed by atoms with van der Waals surface area (Å²) in [5.74, 6) is 1.66. The Morgan fingerprint density at radius 2 is 2.05 bits per heavy atom. The summed E-state index contributed by atoms with van der Waals surface area (Å²) in [6.45, 7) is 7.50. The number of anilines is 1. The number of aryl methyl sites for hydroxylation is 2. The van der Waals surface area contributed by atoms with Crippen LogP contribution in [0.15, 0.2) is 30.5 Å². The molecule has 0 amide bonds. The second-order valence-electron chi connectivity index (χ2n) is 6.55. The molecule has 21 heavy (non-hydrogen) atoms. The molecule has 0 spiro atoms. The Morgan fingerprint density at radius 3 is 2.81 bits per heavy atom. The lowest BCUT2D eigenvalue weighted by atomic mass is 9.88. The van der Waals surface area contributed by atoms with Crippen LogP contribution >= 0.6 is 0 Å². The summed E-state index contributed by atoms with van der Waals surface area (Å²) in [6.07, 6.45) is 5.68. The topological polar surface area (TPSA) is 29.9 Å². The Labute approximate surface area is 127 Å². The first-order valence-electron chi connectivity index (χ1n) is 7.99. The fraction of sp³-hybridized carbons (Fsp3) is 0.500. The predicted molar refractivity (Wildman–Crippen MR) is 87.8 cm³/mol. The number of fused-ring (bicyclic) bond motifs is 1. The lowest BCUT2D eigenvalue weighted by molar-refractivity contribution is 0.445. The summed E-state index contributed by atoms with van der Waals surface area (Å²) in [7, 11) is 0. The van der Waals surface area contributed by atoms with Crippen molar-refractivity contribution in [3.8, 4) is 0 Å². The zero-order valence-electron chi connectivity index (χ0n) is 13.3. The molecule has 0 aliphatic heterocycles. The molecule has 3 nitrogen and oxygen atoms in total. The maximum atomic E-state index is 4.67. The van der Waals surface area contributed by atoms with E-state index in [0.717, 1.165) is 24.6 Å². The molecular weight excluding hydrogens is 258 g/mol. The van der Waals surface area contributed by atoms with Gasteiger partial charge < -0.3 is 9.88 Å². The Morgan fingerprint density at radius 1 is 1.29 bits per heavy atom. The van der Waals surface area contributed by atoms with E-state index in [9.17, 15) is 0 Å². The maximum absolute atomic E-state index is 4.67. The summed E-state index contributed by atoms with van der Waals surface area (Å²) in [4.78, 5) is 4.67. The van der Waals surface area contributed by atoms with Gasteiger partial charge in [0.1, 0.15) is 0 Å². The van der Waals surface area contributed by atoms with Crippen molar-refractivity contribution in [1.29, 1.82) is 0 Å². The van der Waals surface area contributed by atoms with Gasteiger partial charge in [-0.15, -0.1) is 0 Å². The van der Waals surface area contributed by atoms with Crippen LogP contribution in [0, 0.1) is 12.8 Å². The molecule has 1 N–H and O–H groups in total. The number of rotatable bonds is 4. The van der Waals surface area contributed by atoms with Crippen LogP contribution < -0.4 is 5.32 Å². The van der Waals surface area contributed by atoms with Crippen LogP contribution in [-0.2, 0) is 12.8 Å². The fourth-order valence-electron chi connectivity index (χ4n) is 3.14. The number of aromatic nitrogens is 2. The van der Waals surface area contributed by atoms with Gasteiger partial charge in [-0.1, -0.05) is 38.1 Å². The second-order valence-corrected chi connectivity index (χ2v) is 6.55. The van der Waals surface area contributed by atoms with Crippen molar-refractivity contribution < 1.29 is 0 Å². The molecule has 0 saturated carbocycles. The first-order chi connectivity index (χ1) is 10.1. The number of hydrogen-bond donors (Lipinski definition) is 1. The minimum Gasteiger partial charge on any atom is -0.355 e. The van der Waals surface area contributed by atoms with Crippen LogP contribution in [0.25, 0.3) is 0 Å². The molecule has 0 saturated heterocycles. The lowest BCUT2D eigenvalue weighted by Crippen LogP contribution is -2.21. The average Bonchev–Trinajstić information content (AvgIpc) is 2.85. The van der Waals surface area contributed by atoms with Crippen LogP contribution in [0.2, 0.25) is 0 Å². The largest absolute Gasteiger partial charge is 0.355 e. The molecule has 1 aliphatic carbocycles. The minimum atomic E-state index is 0.524. The van der Waals surface area contributed by atoms with Crippen molar-refractivity contribution in [2.24, 2.45) is 5.92 Å². The van der Waals surface area contributed by atoms with E-state index in [4.69, 9.17) is 0 Å². The highest BCUT2D eigenvalue weighted by Gasteiger charge is 2.22. The molecule has 3 rings (SSSR count). The Balaban J connectivity index is 1.81. The van der Waals surface area contributed by atoms with Gasteiger partial charge in [0.2, 0.25) is 5.95 Å².